The standard InChI is InChI=1S/C7H7O3S.ClH.Hg/c8-11(9,10)6-7-4-2-1-3-5-7;;/h1-6H,(H,8,9,10);1H;/q;;+1/p-1. The first-order chi connectivity index (χ1) is 6.05. The molecule has 6 heteroatoms. The third-order valence-electron chi connectivity index (χ3n) is 1.67. The Morgan fingerprint density at radius 2 is 1.85 bits per heavy atom. The monoisotopic (exact) mass is 408 g/mol. The zero-order chi connectivity index (χ0) is 9.90. The second kappa shape index (κ2) is 4.73. The van der Waals surface area contributed by atoms with Crippen LogP contribution < -0.4 is 0 Å². The van der Waals surface area contributed by atoms with Gasteiger partial charge in [-0.3, -0.25) is 0 Å². The number of hydrogen-bond acceptors (Lipinski definition) is 2. The zero-order valence-corrected chi connectivity index (χ0v) is 13.8. The van der Waals surface area contributed by atoms with Gasteiger partial charge in [-0.25, -0.2) is 0 Å². The number of hydrogen-bond donors (Lipinski definition) is 1. The topological polar surface area (TPSA) is 54.4 Å². The van der Waals surface area contributed by atoms with Gasteiger partial charge in [-0.05, 0) is 0 Å². The first-order valence-electron chi connectivity index (χ1n) is 3.63. The number of rotatable bonds is 3. The van der Waals surface area contributed by atoms with E-state index in [2.05, 4.69) is 0 Å². The van der Waals surface area contributed by atoms with Crippen LogP contribution in [-0.2, 0) is 33.5 Å². The van der Waals surface area contributed by atoms with Gasteiger partial charge >= 0.3 is 93.3 Å². The number of halogens is 1. The van der Waals surface area contributed by atoms with Gasteiger partial charge < -0.3 is 0 Å². The first-order valence-corrected chi connectivity index (χ1v) is 15.1. The van der Waals surface area contributed by atoms with Gasteiger partial charge in [-0.15, -0.1) is 0 Å². The van der Waals surface area contributed by atoms with Crippen LogP contribution in [-0.4, -0.2) is 13.0 Å². The van der Waals surface area contributed by atoms with E-state index in [0.717, 1.165) is 0 Å². The summed E-state index contributed by atoms with van der Waals surface area (Å²) in [5.74, 6) is 0. The van der Waals surface area contributed by atoms with E-state index in [1.807, 2.05) is 0 Å². The van der Waals surface area contributed by atoms with Crippen molar-refractivity contribution in [3.8, 4) is 0 Å². The predicted molar refractivity (Wildman–Crippen MR) is 46.6 cm³/mol. The summed E-state index contributed by atoms with van der Waals surface area (Å²) in [5.41, 5.74) is 0.599. The van der Waals surface area contributed by atoms with Gasteiger partial charge in [0.25, 0.3) is 0 Å². The third kappa shape index (κ3) is 3.20. The molecule has 0 fully saturated rings. The molecular weight excluding hydrogens is 400 g/mol. The van der Waals surface area contributed by atoms with Crippen LogP contribution in [0.2, 0.25) is 0 Å². The summed E-state index contributed by atoms with van der Waals surface area (Å²) in [7, 11) is 1.67. The molecule has 0 saturated heterocycles. The Labute approximate surface area is 92.7 Å². The summed E-state index contributed by atoms with van der Waals surface area (Å²) in [6.45, 7) is 0. The van der Waals surface area contributed by atoms with E-state index in [9.17, 15) is 8.42 Å². The molecule has 1 aromatic carbocycles. The summed E-state index contributed by atoms with van der Waals surface area (Å²) in [5, 5.41) is 0. The van der Waals surface area contributed by atoms with E-state index in [-0.39, 0.29) is 0 Å². The Bertz CT molecular complexity index is 365. The van der Waals surface area contributed by atoms with Crippen molar-refractivity contribution in [2.75, 3.05) is 0 Å². The Hall–Kier alpha value is 0.355. The van der Waals surface area contributed by atoms with Crippen LogP contribution in [0.4, 0.5) is 0 Å². The predicted octanol–water partition coefficient (Wildman–Crippen LogP) is 1.81. The van der Waals surface area contributed by atoms with Crippen LogP contribution in [0.5, 0.6) is 0 Å². The summed E-state index contributed by atoms with van der Waals surface area (Å²) in [6, 6.07) is 8.58. The van der Waals surface area contributed by atoms with E-state index in [0.29, 0.717) is 5.56 Å². The summed E-state index contributed by atoms with van der Waals surface area (Å²) in [4.78, 5) is 0. The molecule has 0 saturated carbocycles. The summed E-state index contributed by atoms with van der Waals surface area (Å²) in [6.07, 6.45) is 0. The fraction of sp³-hybridized carbons (Fsp3) is 0.143. The molecule has 0 bridgehead atoms. The minimum atomic E-state index is -4.00. The molecule has 1 unspecified atom stereocenters. The molecule has 0 aliphatic carbocycles. The molecule has 3 nitrogen and oxygen atoms in total. The van der Waals surface area contributed by atoms with Gasteiger partial charge in [-0.1, -0.05) is 0 Å². The normalized spacial score (nSPS) is 13.4. The molecule has 13 heavy (non-hydrogen) atoms. The average Bonchev–Trinajstić information content (AvgIpc) is 2.05. The molecule has 68 valence electrons. The Kier molecular flexibility index (Phi) is 4.16. The molecule has 0 amide bonds. The molecule has 1 aromatic rings. The fourth-order valence-corrected chi connectivity index (χ4v) is 11.0. The minimum absolute atomic E-state index is 0.599. The molecule has 0 aromatic heterocycles. The van der Waals surface area contributed by atoms with Crippen molar-refractivity contribution in [1.29, 1.82) is 0 Å². The SMILES string of the molecule is O=S(=O)(O)[CH]([Hg][Cl])c1ccccc1. The van der Waals surface area contributed by atoms with Crippen LogP contribution in [0.25, 0.3) is 0 Å². The van der Waals surface area contributed by atoms with Gasteiger partial charge in [0.1, 0.15) is 0 Å². The Morgan fingerprint density at radius 1 is 1.31 bits per heavy atom. The van der Waals surface area contributed by atoms with Gasteiger partial charge in [0.05, 0.1) is 0 Å². The maximum absolute atomic E-state index is 10.9. The first kappa shape index (κ1) is 11.4. The molecule has 0 heterocycles. The van der Waals surface area contributed by atoms with E-state index in [4.69, 9.17) is 12.8 Å². The van der Waals surface area contributed by atoms with Crippen LogP contribution in [0.3, 0.4) is 0 Å². The maximum atomic E-state index is 10.9. The van der Waals surface area contributed by atoms with Crippen LogP contribution in [0.15, 0.2) is 30.3 Å². The molecule has 0 aliphatic heterocycles. The summed E-state index contributed by atoms with van der Waals surface area (Å²) < 4.78 is 29.8. The van der Waals surface area contributed by atoms with Crippen LogP contribution in [0.1, 0.15) is 8.32 Å². The van der Waals surface area contributed by atoms with E-state index in [1.54, 1.807) is 30.3 Å². The van der Waals surface area contributed by atoms with E-state index >= 15 is 0 Å². The molecule has 1 rings (SSSR count). The van der Waals surface area contributed by atoms with Crippen molar-refractivity contribution in [2.45, 2.75) is 2.76 Å². The molecular formula is C7H7ClHgO3S. The Morgan fingerprint density at radius 3 is 2.23 bits per heavy atom. The zero-order valence-electron chi connectivity index (χ0n) is 6.72. The van der Waals surface area contributed by atoms with Crippen LogP contribution >= 0.6 is 8.25 Å². The van der Waals surface area contributed by atoms with Crippen molar-refractivity contribution in [2.24, 2.45) is 0 Å². The third-order valence-corrected chi connectivity index (χ3v) is 16.3. The number of benzene rings is 1. The molecule has 0 radical (unpaired) electrons. The quantitative estimate of drug-likeness (QED) is 0.615. The fourth-order valence-electron chi connectivity index (χ4n) is 1.01. The van der Waals surface area contributed by atoms with Gasteiger partial charge in [0, 0.05) is 0 Å². The van der Waals surface area contributed by atoms with Gasteiger partial charge in [0.2, 0.25) is 0 Å². The van der Waals surface area contributed by atoms with Crippen molar-refractivity contribution in [3.05, 3.63) is 35.9 Å². The van der Waals surface area contributed by atoms with E-state index in [1.165, 1.54) is 0 Å². The second-order valence-corrected chi connectivity index (χ2v) is 13.5. The van der Waals surface area contributed by atoms with Crippen molar-refractivity contribution in [3.63, 3.8) is 0 Å². The summed E-state index contributed by atoms with van der Waals surface area (Å²) >= 11 is -2.05. The Balaban J connectivity index is 3.06. The van der Waals surface area contributed by atoms with Gasteiger partial charge in [0.15, 0.2) is 0 Å². The average molecular weight is 407 g/mol. The molecule has 1 N–H and O–H groups in total. The van der Waals surface area contributed by atoms with Crippen LogP contribution in [0, 0.1) is 0 Å². The van der Waals surface area contributed by atoms with Gasteiger partial charge in [-0.2, -0.15) is 0 Å². The van der Waals surface area contributed by atoms with Crippen molar-refractivity contribution < 1.29 is 36.3 Å². The van der Waals surface area contributed by atoms with Crippen molar-refractivity contribution in [1.82, 2.24) is 0 Å². The van der Waals surface area contributed by atoms with Crippen molar-refractivity contribution >= 4 is 18.4 Å². The van der Waals surface area contributed by atoms with E-state index < -0.39 is 36.2 Å². The second-order valence-electron chi connectivity index (χ2n) is 2.57. The molecule has 0 spiro atoms. The molecule has 0 aliphatic rings. The molecule has 1 atom stereocenters.